The Morgan fingerprint density at radius 3 is 2.70 bits per heavy atom. The van der Waals surface area contributed by atoms with Gasteiger partial charge in [-0.05, 0) is 61.3 Å². The molecular weight excluding hydrogens is 244 g/mol. The summed E-state index contributed by atoms with van der Waals surface area (Å²) in [6, 6.07) is 0. The van der Waals surface area contributed by atoms with Crippen LogP contribution in [0.2, 0.25) is 0 Å². The zero-order valence-electron chi connectivity index (χ0n) is 13.7. The summed E-state index contributed by atoms with van der Waals surface area (Å²) in [6.07, 6.45) is 10.5. The number of carbonyl (C=O) groups excluding carboxylic acids is 1. The molecule has 0 heterocycles. The van der Waals surface area contributed by atoms with Crippen molar-refractivity contribution in [1.29, 1.82) is 0 Å². The van der Waals surface area contributed by atoms with Gasteiger partial charge in [-0.25, -0.2) is 0 Å². The van der Waals surface area contributed by atoms with Crippen LogP contribution in [0.5, 0.6) is 0 Å². The lowest BCUT2D eigenvalue weighted by molar-refractivity contribution is -0.119. The minimum absolute atomic E-state index is 0.268. The van der Waals surface area contributed by atoms with Crippen LogP contribution in [0.4, 0.5) is 0 Å². The van der Waals surface area contributed by atoms with Gasteiger partial charge >= 0.3 is 0 Å². The number of ketones is 1. The lowest BCUT2D eigenvalue weighted by Gasteiger charge is -2.58. The summed E-state index contributed by atoms with van der Waals surface area (Å²) in [4.78, 5) is 12.1. The van der Waals surface area contributed by atoms with Gasteiger partial charge in [0.15, 0.2) is 5.78 Å². The first-order valence-electron chi connectivity index (χ1n) is 8.14. The molecule has 1 nitrogen and oxygen atoms in total. The molecular formula is C19H30O. The molecule has 3 atom stereocenters. The first-order valence-corrected chi connectivity index (χ1v) is 8.14. The van der Waals surface area contributed by atoms with Crippen molar-refractivity contribution >= 4 is 5.78 Å². The van der Waals surface area contributed by atoms with Crippen LogP contribution in [-0.2, 0) is 4.79 Å². The Hall–Kier alpha value is -0.850. The molecule has 2 rings (SSSR count). The van der Waals surface area contributed by atoms with Gasteiger partial charge in [0.05, 0.1) is 0 Å². The largest absolute Gasteiger partial charge is 0.295 e. The van der Waals surface area contributed by atoms with Crippen LogP contribution in [0.15, 0.2) is 24.3 Å². The summed E-state index contributed by atoms with van der Waals surface area (Å²) in [5, 5.41) is 0. The van der Waals surface area contributed by atoms with Crippen molar-refractivity contribution in [2.75, 3.05) is 0 Å². The summed E-state index contributed by atoms with van der Waals surface area (Å²) < 4.78 is 0. The smallest absolute Gasteiger partial charge is 0.155 e. The van der Waals surface area contributed by atoms with Crippen molar-refractivity contribution in [3.63, 3.8) is 0 Å². The van der Waals surface area contributed by atoms with E-state index in [-0.39, 0.29) is 11.2 Å². The maximum absolute atomic E-state index is 12.1. The molecule has 0 bridgehead atoms. The fourth-order valence-corrected chi connectivity index (χ4v) is 5.11. The van der Waals surface area contributed by atoms with Crippen LogP contribution >= 0.6 is 0 Å². The van der Waals surface area contributed by atoms with Crippen LogP contribution in [0.25, 0.3) is 0 Å². The zero-order chi connectivity index (χ0) is 15.0. The molecule has 0 N–H and O–H groups in total. The number of carbonyl (C=O) groups is 1. The second kappa shape index (κ2) is 5.50. The maximum Gasteiger partial charge on any atom is 0.155 e. The summed E-state index contributed by atoms with van der Waals surface area (Å²) >= 11 is 0. The second-order valence-corrected chi connectivity index (χ2v) is 7.82. The van der Waals surface area contributed by atoms with Crippen molar-refractivity contribution in [3.8, 4) is 0 Å². The SMILES string of the molecule is C=C1CC[C@H]2C(C)(C)CCC[C@]2(C)[C@H]1CC(=O)/C=C/C. The molecule has 2 aliphatic carbocycles. The lowest BCUT2D eigenvalue weighted by Crippen LogP contribution is -2.49. The Morgan fingerprint density at radius 2 is 2.05 bits per heavy atom. The van der Waals surface area contributed by atoms with Crippen molar-refractivity contribution < 1.29 is 4.79 Å². The average Bonchev–Trinajstić information content (AvgIpc) is 2.33. The normalized spacial score (nSPS) is 36.9. The lowest BCUT2D eigenvalue weighted by atomic mass is 9.47. The van der Waals surface area contributed by atoms with Crippen LogP contribution in [0.1, 0.15) is 66.2 Å². The molecule has 112 valence electrons. The van der Waals surface area contributed by atoms with E-state index in [1.165, 1.54) is 31.3 Å². The highest BCUT2D eigenvalue weighted by Gasteiger charge is 2.52. The highest BCUT2D eigenvalue weighted by molar-refractivity contribution is 5.90. The van der Waals surface area contributed by atoms with Crippen LogP contribution in [-0.4, -0.2) is 5.78 Å². The van der Waals surface area contributed by atoms with Crippen LogP contribution in [0.3, 0.4) is 0 Å². The molecule has 20 heavy (non-hydrogen) atoms. The molecule has 0 aromatic rings. The van der Waals surface area contributed by atoms with E-state index in [0.29, 0.717) is 17.8 Å². The quantitative estimate of drug-likeness (QED) is 0.503. The van der Waals surface area contributed by atoms with E-state index in [0.717, 1.165) is 12.3 Å². The van der Waals surface area contributed by atoms with Crippen molar-refractivity contribution in [2.24, 2.45) is 22.7 Å². The highest BCUT2D eigenvalue weighted by Crippen LogP contribution is 2.61. The van der Waals surface area contributed by atoms with E-state index in [9.17, 15) is 4.79 Å². The molecule has 0 saturated heterocycles. The van der Waals surface area contributed by atoms with Crippen LogP contribution in [0, 0.1) is 22.7 Å². The van der Waals surface area contributed by atoms with E-state index in [1.54, 1.807) is 6.08 Å². The van der Waals surface area contributed by atoms with Gasteiger partial charge in [-0.2, -0.15) is 0 Å². The van der Waals surface area contributed by atoms with Gasteiger partial charge in [0, 0.05) is 6.42 Å². The van der Waals surface area contributed by atoms with Gasteiger partial charge in [-0.1, -0.05) is 45.4 Å². The van der Waals surface area contributed by atoms with E-state index < -0.39 is 0 Å². The fourth-order valence-electron chi connectivity index (χ4n) is 5.11. The van der Waals surface area contributed by atoms with Gasteiger partial charge in [0.1, 0.15) is 0 Å². The third kappa shape index (κ3) is 2.64. The number of hydrogen-bond donors (Lipinski definition) is 0. The van der Waals surface area contributed by atoms with Crippen LogP contribution < -0.4 is 0 Å². The van der Waals surface area contributed by atoms with E-state index in [4.69, 9.17) is 0 Å². The molecule has 2 fully saturated rings. The third-order valence-electron chi connectivity index (χ3n) is 6.08. The summed E-state index contributed by atoms with van der Waals surface area (Å²) in [6.45, 7) is 13.5. The van der Waals surface area contributed by atoms with Crippen molar-refractivity contribution in [1.82, 2.24) is 0 Å². The molecule has 2 aliphatic rings. The van der Waals surface area contributed by atoms with Crippen molar-refractivity contribution in [2.45, 2.75) is 66.2 Å². The molecule has 0 aliphatic heterocycles. The molecule has 1 heteroatoms. The topological polar surface area (TPSA) is 17.1 Å². The molecule has 0 aromatic carbocycles. The third-order valence-corrected chi connectivity index (χ3v) is 6.08. The van der Waals surface area contributed by atoms with E-state index in [1.807, 2.05) is 13.0 Å². The monoisotopic (exact) mass is 274 g/mol. The standard InChI is InChI=1S/C19H30O/c1-6-8-15(20)13-16-14(2)9-10-17-18(3,4)11-7-12-19(16,17)5/h6,8,16-17H,2,7,9-13H2,1,3-5H3/b8-6+/t16-,17-,19+/m0/s1. The average molecular weight is 274 g/mol. The minimum Gasteiger partial charge on any atom is -0.295 e. The maximum atomic E-state index is 12.1. The molecule has 0 radical (unpaired) electrons. The van der Waals surface area contributed by atoms with Gasteiger partial charge in [-0.15, -0.1) is 0 Å². The predicted octanol–water partition coefficient (Wildman–Crippen LogP) is 5.32. The molecule has 0 spiro atoms. The summed E-state index contributed by atoms with van der Waals surface area (Å²) in [5.74, 6) is 1.38. The number of allylic oxidation sites excluding steroid dienone is 3. The molecule has 2 saturated carbocycles. The molecule has 0 aromatic heterocycles. The summed E-state index contributed by atoms with van der Waals surface area (Å²) in [7, 11) is 0. The Balaban J connectivity index is 2.28. The highest BCUT2D eigenvalue weighted by atomic mass is 16.1. The number of hydrogen-bond acceptors (Lipinski definition) is 1. The van der Waals surface area contributed by atoms with Gasteiger partial charge < -0.3 is 0 Å². The van der Waals surface area contributed by atoms with E-state index in [2.05, 4.69) is 27.4 Å². The fraction of sp³-hybridized carbons (Fsp3) is 0.737. The predicted molar refractivity (Wildman–Crippen MR) is 85.5 cm³/mol. The first-order chi connectivity index (χ1) is 9.31. The van der Waals surface area contributed by atoms with Gasteiger partial charge in [0.25, 0.3) is 0 Å². The Labute approximate surface area is 124 Å². The van der Waals surface area contributed by atoms with Gasteiger partial charge in [0.2, 0.25) is 0 Å². The Bertz CT molecular complexity index is 429. The number of rotatable bonds is 3. The molecule has 0 unspecified atom stereocenters. The second-order valence-electron chi connectivity index (χ2n) is 7.82. The first kappa shape index (κ1) is 15.5. The summed E-state index contributed by atoms with van der Waals surface area (Å²) in [5.41, 5.74) is 2.00. The van der Waals surface area contributed by atoms with Gasteiger partial charge in [-0.3, -0.25) is 4.79 Å². The minimum atomic E-state index is 0.268. The Morgan fingerprint density at radius 1 is 1.35 bits per heavy atom. The number of fused-ring (bicyclic) bond motifs is 1. The van der Waals surface area contributed by atoms with Crippen molar-refractivity contribution in [3.05, 3.63) is 24.3 Å². The zero-order valence-corrected chi connectivity index (χ0v) is 13.7. The molecule has 0 amide bonds. The van der Waals surface area contributed by atoms with E-state index >= 15 is 0 Å². The Kier molecular flexibility index (Phi) is 4.27.